The van der Waals surface area contributed by atoms with Crippen LogP contribution in [0, 0.1) is 0 Å². The highest BCUT2D eigenvalue weighted by molar-refractivity contribution is 5.94. The molecular formula is C23H21NO4. The molecule has 0 bridgehead atoms. The molecule has 5 heteroatoms. The van der Waals surface area contributed by atoms with E-state index in [-0.39, 0.29) is 12.4 Å². The summed E-state index contributed by atoms with van der Waals surface area (Å²) in [5, 5.41) is 1.00. The van der Waals surface area contributed by atoms with Gasteiger partial charge in [0.25, 0.3) is 0 Å². The first-order valence-corrected chi connectivity index (χ1v) is 9.03. The van der Waals surface area contributed by atoms with Crippen LogP contribution in [0.2, 0.25) is 0 Å². The van der Waals surface area contributed by atoms with Crippen LogP contribution in [0.25, 0.3) is 17.0 Å². The first-order valence-electron chi connectivity index (χ1n) is 9.03. The van der Waals surface area contributed by atoms with Gasteiger partial charge < -0.3 is 9.47 Å². The fourth-order valence-corrected chi connectivity index (χ4v) is 2.82. The van der Waals surface area contributed by atoms with Crippen molar-refractivity contribution in [1.82, 2.24) is 4.98 Å². The van der Waals surface area contributed by atoms with Gasteiger partial charge in [0, 0.05) is 34.3 Å². The molecule has 0 unspecified atom stereocenters. The number of carbonyl (C=O) groups excluding carboxylic acids is 2. The molecule has 0 saturated heterocycles. The van der Waals surface area contributed by atoms with Gasteiger partial charge in [0.2, 0.25) is 0 Å². The van der Waals surface area contributed by atoms with Crippen molar-refractivity contribution in [3.8, 4) is 5.75 Å². The lowest BCUT2D eigenvalue weighted by Crippen LogP contribution is -2.05. The van der Waals surface area contributed by atoms with Crippen molar-refractivity contribution in [2.75, 3.05) is 6.61 Å². The Kier molecular flexibility index (Phi) is 6.17. The Balaban J connectivity index is 1.72. The number of esters is 1. The number of ketones is 1. The second-order valence-electron chi connectivity index (χ2n) is 6.18. The largest absolute Gasteiger partial charge is 0.493 e. The number of fused-ring (bicyclic) bond motifs is 1. The lowest BCUT2D eigenvalue weighted by Gasteiger charge is -2.11. The number of benzene rings is 2. The van der Waals surface area contributed by atoms with Gasteiger partial charge in [-0.2, -0.15) is 0 Å². The topological polar surface area (TPSA) is 65.5 Å². The van der Waals surface area contributed by atoms with E-state index in [9.17, 15) is 9.59 Å². The molecule has 3 aromatic rings. The highest BCUT2D eigenvalue weighted by atomic mass is 16.5. The highest BCUT2D eigenvalue weighted by Crippen LogP contribution is 2.22. The number of hydrogen-bond donors (Lipinski definition) is 0. The van der Waals surface area contributed by atoms with Crippen LogP contribution in [-0.2, 0) is 16.1 Å². The maximum atomic E-state index is 12.2. The van der Waals surface area contributed by atoms with Gasteiger partial charge in [-0.1, -0.05) is 24.3 Å². The Morgan fingerprint density at radius 3 is 2.71 bits per heavy atom. The molecule has 0 radical (unpaired) electrons. The molecule has 5 nitrogen and oxygen atoms in total. The minimum absolute atomic E-state index is 0.0212. The molecule has 0 saturated carbocycles. The summed E-state index contributed by atoms with van der Waals surface area (Å²) in [6.07, 6.45) is 4.78. The Morgan fingerprint density at radius 2 is 1.93 bits per heavy atom. The molecule has 0 amide bonds. The zero-order chi connectivity index (χ0) is 19.9. The number of hydrogen-bond acceptors (Lipinski definition) is 5. The molecule has 0 atom stereocenters. The van der Waals surface area contributed by atoms with E-state index in [0.29, 0.717) is 23.5 Å². The zero-order valence-corrected chi connectivity index (χ0v) is 15.8. The first-order chi connectivity index (χ1) is 13.6. The maximum absolute atomic E-state index is 12.2. The second-order valence-corrected chi connectivity index (χ2v) is 6.18. The van der Waals surface area contributed by atoms with Gasteiger partial charge in [0.15, 0.2) is 5.78 Å². The summed E-state index contributed by atoms with van der Waals surface area (Å²) >= 11 is 0. The molecule has 0 fully saturated rings. The van der Waals surface area contributed by atoms with E-state index in [4.69, 9.17) is 9.47 Å². The second kappa shape index (κ2) is 8.95. The number of nitrogens with zero attached hydrogens (tertiary/aromatic N) is 1. The minimum atomic E-state index is -0.483. The summed E-state index contributed by atoms with van der Waals surface area (Å²) in [7, 11) is 0. The van der Waals surface area contributed by atoms with Crippen LogP contribution in [0.3, 0.4) is 0 Å². The van der Waals surface area contributed by atoms with E-state index in [1.165, 1.54) is 13.0 Å². The number of ether oxygens (including phenoxy) is 2. The summed E-state index contributed by atoms with van der Waals surface area (Å²) in [5.74, 6) is 0.0603. The fraction of sp³-hybridized carbons (Fsp3) is 0.174. The third-order valence-electron chi connectivity index (χ3n) is 4.20. The number of carbonyl (C=O) groups is 2. The lowest BCUT2D eigenvalue weighted by molar-refractivity contribution is -0.138. The smallest absolute Gasteiger partial charge is 0.331 e. The third-order valence-corrected chi connectivity index (χ3v) is 4.20. The van der Waals surface area contributed by atoms with Crippen molar-refractivity contribution in [3.05, 3.63) is 77.5 Å². The number of aromatic nitrogens is 1. The van der Waals surface area contributed by atoms with Gasteiger partial charge in [0.05, 0.1) is 12.1 Å². The summed E-state index contributed by atoms with van der Waals surface area (Å²) in [6.45, 7) is 3.86. The fourth-order valence-electron chi connectivity index (χ4n) is 2.82. The average molecular weight is 375 g/mol. The molecule has 0 spiro atoms. The van der Waals surface area contributed by atoms with Gasteiger partial charge >= 0.3 is 5.97 Å². The standard InChI is InChI=1S/C23H21NO4/c1-3-27-21-11-9-19(16(2)25)14-20(21)15-28-22(26)12-10-18-7-4-6-17-8-5-13-24-23(17)18/h4-14H,3,15H2,1-2H3/b12-10+. The molecule has 3 rings (SSSR count). The molecule has 2 aromatic carbocycles. The predicted octanol–water partition coefficient (Wildman–Crippen LogP) is 4.59. The SMILES string of the molecule is CCOc1ccc(C(C)=O)cc1COC(=O)/C=C/c1cccc2cccnc12. The lowest BCUT2D eigenvalue weighted by atomic mass is 10.1. The van der Waals surface area contributed by atoms with E-state index in [2.05, 4.69) is 4.98 Å². The van der Waals surface area contributed by atoms with Crippen molar-refractivity contribution in [1.29, 1.82) is 0 Å². The van der Waals surface area contributed by atoms with Crippen molar-refractivity contribution in [3.63, 3.8) is 0 Å². The number of para-hydroxylation sites is 1. The third kappa shape index (κ3) is 4.62. The summed E-state index contributed by atoms with van der Waals surface area (Å²) in [4.78, 5) is 28.1. The molecule has 0 aliphatic carbocycles. The van der Waals surface area contributed by atoms with Crippen molar-refractivity contribution in [2.45, 2.75) is 20.5 Å². The number of rotatable bonds is 7. The Morgan fingerprint density at radius 1 is 1.11 bits per heavy atom. The molecule has 0 N–H and O–H groups in total. The quantitative estimate of drug-likeness (QED) is 0.343. The summed E-state index contributed by atoms with van der Waals surface area (Å²) in [5.41, 5.74) is 2.86. The Hall–Kier alpha value is -3.47. The maximum Gasteiger partial charge on any atom is 0.331 e. The molecule has 0 aliphatic heterocycles. The predicted molar refractivity (Wildman–Crippen MR) is 108 cm³/mol. The normalized spacial score (nSPS) is 10.9. The summed E-state index contributed by atoms with van der Waals surface area (Å²) < 4.78 is 10.9. The van der Waals surface area contributed by atoms with E-state index in [1.54, 1.807) is 30.5 Å². The van der Waals surface area contributed by atoms with Crippen LogP contribution < -0.4 is 4.74 Å². The van der Waals surface area contributed by atoms with E-state index in [0.717, 1.165) is 16.5 Å². The van der Waals surface area contributed by atoms with Crippen molar-refractivity contribution < 1.29 is 19.1 Å². The molecule has 142 valence electrons. The molecule has 1 heterocycles. The van der Waals surface area contributed by atoms with Gasteiger partial charge in [0.1, 0.15) is 12.4 Å². The zero-order valence-electron chi connectivity index (χ0n) is 15.8. The monoisotopic (exact) mass is 375 g/mol. The van der Waals surface area contributed by atoms with Gasteiger partial charge in [-0.05, 0) is 44.2 Å². The van der Waals surface area contributed by atoms with Crippen LogP contribution in [0.4, 0.5) is 0 Å². The molecule has 0 aliphatic rings. The van der Waals surface area contributed by atoms with E-state index < -0.39 is 5.97 Å². The summed E-state index contributed by atoms with van der Waals surface area (Å²) in [6, 6.07) is 14.7. The van der Waals surface area contributed by atoms with Gasteiger partial charge in [-0.15, -0.1) is 0 Å². The van der Waals surface area contributed by atoms with Crippen LogP contribution in [0.5, 0.6) is 5.75 Å². The van der Waals surface area contributed by atoms with Crippen molar-refractivity contribution in [2.24, 2.45) is 0 Å². The van der Waals surface area contributed by atoms with Crippen LogP contribution in [0.1, 0.15) is 35.3 Å². The average Bonchev–Trinajstić information content (AvgIpc) is 2.71. The molecule has 1 aromatic heterocycles. The van der Waals surface area contributed by atoms with Crippen LogP contribution in [-0.4, -0.2) is 23.3 Å². The van der Waals surface area contributed by atoms with E-state index in [1.807, 2.05) is 37.3 Å². The first kappa shape index (κ1) is 19.3. The van der Waals surface area contributed by atoms with Gasteiger partial charge in [-0.3, -0.25) is 9.78 Å². The van der Waals surface area contributed by atoms with Gasteiger partial charge in [-0.25, -0.2) is 4.79 Å². The minimum Gasteiger partial charge on any atom is -0.493 e. The number of Topliss-reactive ketones (excluding diaryl/α,β-unsaturated/α-hetero) is 1. The van der Waals surface area contributed by atoms with Crippen LogP contribution in [0.15, 0.2) is 60.8 Å². The molecule has 28 heavy (non-hydrogen) atoms. The Labute approximate surface area is 163 Å². The van der Waals surface area contributed by atoms with Crippen LogP contribution >= 0.6 is 0 Å². The molecular weight excluding hydrogens is 354 g/mol. The van der Waals surface area contributed by atoms with E-state index >= 15 is 0 Å². The highest BCUT2D eigenvalue weighted by Gasteiger charge is 2.10. The Bertz CT molecular complexity index is 1030. The number of pyridine rings is 1. The van der Waals surface area contributed by atoms with Crippen molar-refractivity contribution >= 4 is 28.7 Å².